The molecule has 0 radical (unpaired) electrons. The van der Waals surface area contributed by atoms with Crippen LogP contribution in [0.5, 0.6) is 0 Å². The average Bonchev–Trinajstić information content (AvgIpc) is 2.17. The molecule has 2 aromatic rings. The van der Waals surface area contributed by atoms with Crippen LogP contribution in [-0.2, 0) is 0 Å². The highest BCUT2D eigenvalue weighted by Gasteiger charge is 2.01. The van der Waals surface area contributed by atoms with Crippen LogP contribution in [-0.4, -0.2) is 11.3 Å². The van der Waals surface area contributed by atoms with Crippen molar-refractivity contribution in [1.82, 2.24) is 4.98 Å². The van der Waals surface area contributed by atoms with Gasteiger partial charge in [0, 0.05) is 10.9 Å². The lowest BCUT2D eigenvalue weighted by Gasteiger charge is -1.98. The topological polar surface area (TPSA) is 49.9 Å². The summed E-state index contributed by atoms with van der Waals surface area (Å²) in [5.74, 6) is -0.401. The molecule has 1 aromatic carbocycles. The maximum atomic E-state index is 12.8. The molecule has 0 unspecified atom stereocenters. The molecule has 4 heteroatoms. The largest absolute Gasteiger partial charge is 0.321 e. The van der Waals surface area contributed by atoms with E-state index in [9.17, 15) is 14.0 Å². The van der Waals surface area contributed by atoms with Gasteiger partial charge in [0.05, 0.1) is 5.56 Å². The summed E-state index contributed by atoms with van der Waals surface area (Å²) in [6, 6.07) is 5.34. The monoisotopic (exact) mass is 191 g/mol. The molecule has 3 nitrogen and oxygen atoms in total. The Morgan fingerprint density at radius 2 is 2.07 bits per heavy atom. The highest BCUT2D eigenvalue weighted by molar-refractivity contribution is 5.85. The summed E-state index contributed by atoms with van der Waals surface area (Å²) in [5.41, 5.74) is 0.0595. The zero-order chi connectivity index (χ0) is 10.1. The number of hydrogen-bond acceptors (Lipinski definition) is 2. The molecule has 0 saturated heterocycles. The molecular weight excluding hydrogens is 185 g/mol. The molecule has 2 rings (SSSR count). The Hall–Kier alpha value is -1.97. The first-order chi connectivity index (χ1) is 6.70. The minimum Gasteiger partial charge on any atom is -0.321 e. The molecule has 0 aliphatic heterocycles. The molecule has 0 saturated carbocycles. The maximum Gasteiger partial charge on any atom is 0.259 e. The van der Waals surface area contributed by atoms with Crippen molar-refractivity contribution < 1.29 is 9.18 Å². The Morgan fingerprint density at radius 1 is 1.29 bits per heavy atom. The van der Waals surface area contributed by atoms with Crippen molar-refractivity contribution in [1.29, 1.82) is 0 Å². The Balaban J connectivity index is 2.86. The van der Waals surface area contributed by atoms with Crippen molar-refractivity contribution in [2.75, 3.05) is 0 Å². The number of hydrogen-bond donors (Lipinski definition) is 1. The number of fused-ring (bicyclic) bond motifs is 1. The Labute approximate surface area is 78.2 Å². The van der Waals surface area contributed by atoms with Crippen LogP contribution in [0.25, 0.3) is 10.9 Å². The predicted octanol–water partition coefficient (Wildman–Crippen LogP) is 1.48. The van der Waals surface area contributed by atoms with E-state index in [0.717, 1.165) is 0 Å². The Kier molecular flexibility index (Phi) is 1.89. The van der Waals surface area contributed by atoms with E-state index in [1.54, 1.807) is 0 Å². The van der Waals surface area contributed by atoms with E-state index in [1.807, 2.05) is 0 Å². The number of carbonyl (C=O) groups excluding carboxylic acids is 1. The average molecular weight is 191 g/mol. The molecule has 0 fully saturated rings. The second-order valence-electron chi connectivity index (χ2n) is 2.90. The van der Waals surface area contributed by atoms with E-state index >= 15 is 0 Å². The first-order valence-electron chi connectivity index (χ1n) is 3.98. The Bertz CT molecular complexity index is 560. The molecule has 0 aliphatic rings. The summed E-state index contributed by atoms with van der Waals surface area (Å²) in [4.78, 5) is 24.1. The van der Waals surface area contributed by atoms with Gasteiger partial charge in [-0.05, 0) is 24.3 Å². The number of nitrogens with one attached hydrogen (secondary N) is 1. The lowest BCUT2D eigenvalue weighted by molar-refractivity contribution is 0.112. The van der Waals surface area contributed by atoms with Crippen molar-refractivity contribution in [2.45, 2.75) is 0 Å². The number of H-pyrrole nitrogens is 1. The van der Waals surface area contributed by atoms with E-state index in [1.165, 1.54) is 24.3 Å². The quantitative estimate of drug-likeness (QED) is 0.694. The number of benzene rings is 1. The number of aromatic nitrogens is 1. The standard InChI is InChI=1S/C10H6FNO2/c11-8-1-2-9-6(4-8)3-7(5-13)10(14)12-9/h1-5H,(H,12,14). The molecule has 0 aliphatic carbocycles. The number of pyridine rings is 1. The second kappa shape index (κ2) is 3.06. The molecule has 0 atom stereocenters. The third-order valence-electron chi connectivity index (χ3n) is 1.96. The highest BCUT2D eigenvalue weighted by atomic mass is 19.1. The number of halogens is 1. The SMILES string of the molecule is O=Cc1cc2cc(F)ccc2[nH]c1=O. The number of rotatable bonds is 1. The van der Waals surface area contributed by atoms with Gasteiger partial charge < -0.3 is 4.98 Å². The van der Waals surface area contributed by atoms with Crippen LogP contribution in [0.3, 0.4) is 0 Å². The third kappa shape index (κ3) is 1.31. The third-order valence-corrected chi connectivity index (χ3v) is 1.96. The van der Waals surface area contributed by atoms with Gasteiger partial charge in [-0.25, -0.2) is 4.39 Å². The van der Waals surface area contributed by atoms with Crippen molar-refractivity contribution in [3.63, 3.8) is 0 Å². The number of aromatic amines is 1. The van der Waals surface area contributed by atoms with Gasteiger partial charge in [-0.1, -0.05) is 0 Å². The molecule has 0 amide bonds. The van der Waals surface area contributed by atoms with Crippen LogP contribution >= 0.6 is 0 Å². The Morgan fingerprint density at radius 3 is 2.79 bits per heavy atom. The van der Waals surface area contributed by atoms with E-state index in [-0.39, 0.29) is 5.56 Å². The zero-order valence-electron chi connectivity index (χ0n) is 7.08. The van der Waals surface area contributed by atoms with Crippen molar-refractivity contribution in [3.05, 3.63) is 46.0 Å². The van der Waals surface area contributed by atoms with E-state index in [4.69, 9.17) is 0 Å². The van der Waals surface area contributed by atoms with Gasteiger partial charge in [-0.3, -0.25) is 9.59 Å². The van der Waals surface area contributed by atoms with Crippen LogP contribution in [0.4, 0.5) is 4.39 Å². The van der Waals surface area contributed by atoms with Gasteiger partial charge in [0.1, 0.15) is 5.82 Å². The lowest BCUT2D eigenvalue weighted by atomic mass is 10.1. The first kappa shape index (κ1) is 8.62. The molecule has 70 valence electrons. The summed E-state index contributed by atoms with van der Waals surface area (Å²) in [6.07, 6.45) is 0.448. The summed E-state index contributed by atoms with van der Waals surface area (Å²) < 4.78 is 12.8. The minimum atomic E-state index is -0.459. The zero-order valence-corrected chi connectivity index (χ0v) is 7.08. The molecule has 0 spiro atoms. The summed E-state index contributed by atoms with van der Waals surface area (Å²) in [6.45, 7) is 0. The van der Waals surface area contributed by atoms with E-state index in [0.29, 0.717) is 17.2 Å². The summed E-state index contributed by atoms with van der Waals surface area (Å²) in [5, 5.41) is 0.506. The van der Waals surface area contributed by atoms with Gasteiger partial charge in [0.15, 0.2) is 6.29 Å². The van der Waals surface area contributed by atoms with Crippen LogP contribution in [0.1, 0.15) is 10.4 Å². The molecule has 1 heterocycles. The predicted molar refractivity (Wildman–Crippen MR) is 49.9 cm³/mol. The molecule has 0 bridgehead atoms. The van der Waals surface area contributed by atoms with Gasteiger partial charge in [0.25, 0.3) is 5.56 Å². The molecule has 1 N–H and O–H groups in total. The highest BCUT2D eigenvalue weighted by Crippen LogP contribution is 2.11. The minimum absolute atomic E-state index is 0.00287. The van der Waals surface area contributed by atoms with Gasteiger partial charge in [-0.15, -0.1) is 0 Å². The van der Waals surface area contributed by atoms with Crippen molar-refractivity contribution in [3.8, 4) is 0 Å². The van der Waals surface area contributed by atoms with E-state index < -0.39 is 11.4 Å². The van der Waals surface area contributed by atoms with Gasteiger partial charge in [-0.2, -0.15) is 0 Å². The molecule has 14 heavy (non-hydrogen) atoms. The molecular formula is C10H6FNO2. The van der Waals surface area contributed by atoms with Gasteiger partial charge >= 0.3 is 0 Å². The van der Waals surface area contributed by atoms with Crippen molar-refractivity contribution in [2.24, 2.45) is 0 Å². The van der Waals surface area contributed by atoms with Crippen LogP contribution in [0, 0.1) is 5.82 Å². The van der Waals surface area contributed by atoms with Crippen LogP contribution < -0.4 is 5.56 Å². The smallest absolute Gasteiger partial charge is 0.259 e. The maximum absolute atomic E-state index is 12.8. The van der Waals surface area contributed by atoms with Crippen LogP contribution in [0.15, 0.2) is 29.1 Å². The number of carbonyl (C=O) groups is 1. The van der Waals surface area contributed by atoms with Gasteiger partial charge in [0.2, 0.25) is 0 Å². The summed E-state index contributed by atoms with van der Waals surface area (Å²) >= 11 is 0. The lowest BCUT2D eigenvalue weighted by Crippen LogP contribution is -2.11. The van der Waals surface area contributed by atoms with E-state index in [2.05, 4.69) is 4.98 Å². The molecule has 1 aromatic heterocycles. The van der Waals surface area contributed by atoms with Crippen LogP contribution in [0.2, 0.25) is 0 Å². The van der Waals surface area contributed by atoms with Crippen molar-refractivity contribution >= 4 is 17.2 Å². The second-order valence-corrected chi connectivity index (χ2v) is 2.90. The fourth-order valence-corrected chi connectivity index (χ4v) is 1.28. The number of aldehydes is 1. The fraction of sp³-hybridized carbons (Fsp3) is 0. The summed E-state index contributed by atoms with van der Waals surface area (Å²) in [7, 11) is 0. The normalized spacial score (nSPS) is 10.4. The first-order valence-corrected chi connectivity index (χ1v) is 3.98. The fourth-order valence-electron chi connectivity index (χ4n) is 1.28.